The second kappa shape index (κ2) is 7.77. The van der Waals surface area contributed by atoms with Gasteiger partial charge in [0.1, 0.15) is 16.0 Å². The molecule has 0 bridgehead atoms. The average Bonchev–Trinajstić information content (AvgIpc) is 3.04. The summed E-state index contributed by atoms with van der Waals surface area (Å²) in [6.07, 6.45) is 0.833. The van der Waals surface area contributed by atoms with Crippen LogP contribution < -0.4 is 5.73 Å². The van der Waals surface area contributed by atoms with E-state index < -0.39 is 0 Å². The highest BCUT2D eigenvalue weighted by molar-refractivity contribution is 7.21. The lowest BCUT2D eigenvalue weighted by Crippen LogP contribution is -2.71. The number of fused-ring (bicyclic) bond motifs is 1. The SMILES string of the molecule is Cc1nnc2sc(C(=O)N3CC4(CN(C)C4)C3)c(N)c2c1C.O=Cc1ccccc1. The van der Waals surface area contributed by atoms with E-state index in [1.54, 1.807) is 12.1 Å². The monoisotopic (exact) mass is 423 g/mol. The standard InChI is InChI=1S/C15H19N5OS.C7H6O/c1-8-9(2)17-18-13-10(8)11(16)12(22-13)14(21)20-6-15(7-20)4-19(3)5-15;8-6-7-4-2-1-3-5-7/h4-7,16H2,1-3H3;1-6H. The van der Waals surface area contributed by atoms with Gasteiger partial charge in [0.25, 0.3) is 5.91 Å². The van der Waals surface area contributed by atoms with Crippen LogP contribution in [0, 0.1) is 19.3 Å². The van der Waals surface area contributed by atoms with Crippen molar-refractivity contribution >= 4 is 39.4 Å². The summed E-state index contributed by atoms with van der Waals surface area (Å²) in [5.74, 6) is 0.0396. The molecule has 0 saturated carbocycles. The fourth-order valence-corrected chi connectivity index (χ4v) is 5.35. The third-order valence-electron chi connectivity index (χ3n) is 5.82. The van der Waals surface area contributed by atoms with E-state index in [0.717, 1.165) is 59.5 Å². The first-order valence-corrected chi connectivity index (χ1v) is 10.6. The highest BCUT2D eigenvalue weighted by Gasteiger charge is 2.52. The fraction of sp³-hybridized carbons (Fsp3) is 0.364. The third kappa shape index (κ3) is 3.57. The number of amides is 1. The van der Waals surface area contributed by atoms with Gasteiger partial charge in [0.05, 0.1) is 11.4 Å². The van der Waals surface area contributed by atoms with Crippen LogP contribution in [0.1, 0.15) is 31.3 Å². The first-order chi connectivity index (χ1) is 14.3. The molecule has 0 unspecified atom stereocenters. The number of hydrogen-bond donors (Lipinski definition) is 1. The van der Waals surface area contributed by atoms with E-state index in [9.17, 15) is 9.59 Å². The number of anilines is 1. The maximum atomic E-state index is 12.7. The van der Waals surface area contributed by atoms with Gasteiger partial charge >= 0.3 is 0 Å². The number of thiophene rings is 1. The second-order valence-electron chi connectivity index (χ2n) is 8.30. The van der Waals surface area contributed by atoms with Crippen LogP contribution in [-0.4, -0.2) is 65.4 Å². The van der Waals surface area contributed by atoms with Crippen LogP contribution in [0.2, 0.25) is 0 Å². The Bertz CT molecular complexity index is 1100. The Balaban J connectivity index is 0.000000230. The number of nitrogens with zero attached hydrogens (tertiary/aromatic N) is 4. The fourth-order valence-electron chi connectivity index (χ4n) is 4.28. The van der Waals surface area contributed by atoms with Gasteiger partial charge in [-0.2, -0.15) is 5.10 Å². The van der Waals surface area contributed by atoms with E-state index in [2.05, 4.69) is 22.1 Å². The summed E-state index contributed by atoms with van der Waals surface area (Å²) in [5.41, 5.74) is 9.75. The molecule has 2 N–H and O–H groups in total. The van der Waals surface area contributed by atoms with Crippen molar-refractivity contribution in [1.82, 2.24) is 20.0 Å². The lowest BCUT2D eigenvalue weighted by atomic mass is 9.73. The first kappa shape index (κ1) is 20.4. The third-order valence-corrected chi connectivity index (χ3v) is 6.89. The minimum absolute atomic E-state index is 0.0396. The highest BCUT2D eigenvalue weighted by Crippen LogP contribution is 2.42. The maximum absolute atomic E-state index is 12.7. The topological polar surface area (TPSA) is 92.4 Å². The van der Waals surface area contributed by atoms with E-state index in [1.807, 2.05) is 36.9 Å². The zero-order valence-electron chi connectivity index (χ0n) is 17.4. The lowest BCUT2D eigenvalue weighted by Gasteiger charge is -2.59. The Kier molecular flexibility index (Phi) is 5.29. The molecule has 2 saturated heterocycles. The van der Waals surface area contributed by atoms with Crippen LogP contribution in [-0.2, 0) is 0 Å². The predicted octanol–water partition coefficient (Wildman–Crippen LogP) is 2.78. The Morgan fingerprint density at radius 1 is 1.13 bits per heavy atom. The van der Waals surface area contributed by atoms with Crippen molar-refractivity contribution in [2.75, 3.05) is 39.0 Å². The van der Waals surface area contributed by atoms with Crippen LogP contribution in [0.15, 0.2) is 30.3 Å². The number of nitrogen functional groups attached to an aromatic ring is 1. The molecule has 3 aromatic rings. The van der Waals surface area contributed by atoms with Crippen LogP contribution in [0.3, 0.4) is 0 Å². The largest absolute Gasteiger partial charge is 0.397 e. The average molecular weight is 424 g/mol. The van der Waals surface area contributed by atoms with E-state index in [4.69, 9.17) is 5.73 Å². The number of carbonyl (C=O) groups is 2. The molecule has 4 heterocycles. The quantitative estimate of drug-likeness (QED) is 0.637. The summed E-state index contributed by atoms with van der Waals surface area (Å²) < 4.78 is 0. The number of benzene rings is 1. The van der Waals surface area contributed by atoms with Gasteiger partial charge in [-0.25, -0.2) is 0 Å². The predicted molar refractivity (Wildman–Crippen MR) is 119 cm³/mol. The van der Waals surface area contributed by atoms with Crippen molar-refractivity contribution in [2.24, 2.45) is 5.41 Å². The van der Waals surface area contributed by atoms with Crippen molar-refractivity contribution in [2.45, 2.75) is 13.8 Å². The van der Waals surface area contributed by atoms with Crippen molar-refractivity contribution in [1.29, 1.82) is 0 Å². The van der Waals surface area contributed by atoms with Crippen molar-refractivity contribution in [3.05, 3.63) is 52.0 Å². The molecule has 8 heteroatoms. The number of nitrogens with two attached hydrogens (primary N) is 1. The Morgan fingerprint density at radius 3 is 2.37 bits per heavy atom. The van der Waals surface area contributed by atoms with Gasteiger partial charge in [0.2, 0.25) is 0 Å². The molecule has 156 valence electrons. The number of aryl methyl sites for hydroxylation is 2. The van der Waals surface area contributed by atoms with Gasteiger partial charge < -0.3 is 15.5 Å². The van der Waals surface area contributed by atoms with E-state index in [1.165, 1.54) is 11.3 Å². The molecule has 1 amide bonds. The molecular formula is C22H25N5O2S. The number of carbonyl (C=O) groups excluding carboxylic acids is 2. The Hall–Kier alpha value is -2.84. The molecule has 1 spiro atoms. The van der Waals surface area contributed by atoms with Crippen molar-refractivity contribution in [3.8, 4) is 0 Å². The summed E-state index contributed by atoms with van der Waals surface area (Å²) in [7, 11) is 2.11. The van der Waals surface area contributed by atoms with Crippen LogP contribution in [0.25, 0.3) is 10.2 Å². The zero-order chi connectivity index (χ0) is 21.5. The lowest BCUT2D eigenvalue weighted by molar-refractivity contribution is -0.0870. The molecule has 2 aliphatic rings. The van der Waals surface area contributed by atoms with Gasteiger partial charge in [0.15, 0.2) is 0 Å². The molecule has 2 fully saturated rings. The van der Waals surface area contributed by atoms with Crippen molar-refractivity contribution in [3.63, 3.8) is 0 Å². The molecule has 0 aliphatic carbocycles. The summed E-state index contributed by atoms with van der Waals surface area (Å²) in [6.45, 7) is 7.74. The highest BCUT2D eigenvalue weighted by atomic mass is 32.1. The first-order valence-electron chi connectivity index (χ1n) is 9.83. The van der Waals surface area contributed by atoms with E-state index >= 15 is 0 Å². The normalized spacial score (nSPS) is 17.1. The molecule has 7 nitrogen and oxygen atoms in total. The minimum Gasteiger partial charge on any atom is -0.397 e. The summed E-state index contributed by atoms with van der Waals surface area (Å²) in [4.78, 5) is 28.3. The van der Waals surface area contributed by atoms with Crippen molar-refractivity contribution < 1.29 is 9.59 Å². The van der Waals surface area contributed by atoms with Gasteiger partial charge in [-0.1, -0.05) is 30.3 Å². The zero-order valence-corrected chi connectivity index (χ0v) is 18.2. The smallest absolute Gasteiger partial charge is 0.266 e. The number of rotatable bonds is 2. The summed E-state index contributed by atoms with van der Waals surface area (Å²) in [5, 5.41) is 9.20. The van der Waals surface area contributed by atoms with Gasteiger partial charge in [-0.15, -0.1) is 16.4 Å². The number of hydrogen-bond acceptors (Lipinski definition) is 7. The number of aromatic nitrogens is 2. The second-order valence-corrected chi connectivity index (χ2v) is 9.30. The minimum atomic E-state index is 0.0396. The maximum Gasteiger partial charge on any atom is 0.266 e. The molecule has 0 radical (unpaired) electrons. The Labute approximate surface area is 179 Å². The molecular weight excluding hydrogens is 398 g/mol. The number of likely N-dealkylation sites (tertiary alicyclic amines) is 2. The molecule has 0 atom stereocenters. The molecule has 2 aliphatic heterocycles. The van der Waals surface area contributed by atoms with E-state index in [-0.39, 0.29) is 5.91 Å². The summed E-state index contributed by atoms with van der Waals surface area (Å²) >= 11 is 1.36. The van der Waals surface area contributed by atoms with E-state index in [0.29, 0.717) is 16.0 Å². The van der Waals surface area contributed by atoms with Crippen LogP contribution in [0.4, 0.5) is 5.69 Å². The number of aldehydes is 1. The van der Waals surface area contributed by atoms with Gasteiger partial charge in [-0.05, 0) is 26.5 Å². The van der Waals surface area contributed by atoms with Gasteiger partial charge in [-0.3, -0.25) is 9.59 Å². The van der Waals surface area contributed by atoms with Gasteiger partial charge in [0, 0.05) is 42.5 Å². The molecule has 30 heavy (non-hydrogen) atoms. The van der Waals surface area contributed by atoms with Crippen LogP contribution in [0.5, 0.6) is 0 Å². The van der Waals surface area contributed by atoms with Crippen LogP contribution >= 0.6 is 11.3 Å². The molecule has 5 rings (SSSR count). The molecule has 2 aromatic heterocycles. The summed E-state index contributed by atoms with van der Waals surface area (Å²) in [6, 6.07) is 9.10. The molecule has 1 aromatic carbocycles. The Morgan fingerprint density at radius 2 is 1.80 bits per heavy atom.